The van der Waals surface area contributed by atoms with Crippen LogP contribution in [0, 0.1) is 6.92 Å². The maximum Gasteiger partial charge on any atom is 0.251 e. The molecule has 0 fully saturated rings. The molecule has 0 saturated carbocycles. The Morgan fingerprint density at radius 2 is 1.73 bits per heavy atom. The number of aryl methyl sites for hydroxylation is 1. The summed E-state index contributed by atoms with van der Waals surface area (Å²) in [6.45, 7) is 8.08. The van der Waals surface area contributed by atoms with Crippen molar-refractivity contribution in [1.29, 1.82) is 0 Å². The predicted molar refractivity (Wildman–Crippen MR) is 105 cm³/mol. The van der Waals surface area contributed by atoms with Crippen molar-refractivity contribution >= 4 is 15.7 Å². The Bertz CT molecular complexity index is 887. The average molecular weight is 374 g/mol. The molecule has 4 nitrogen and oxygen atoms in total. The van der Waals surface area contributed by atoms with E-state index in [2.05, 4.69) is 31.3 Å². The monoisotopic (exact) mass is 373 g/mol. The second-order valence-electron chi connectivity index (χ2n) is 7.58. The summed E-state index contributed by atoms with van der Waals surface area (Å²) >= 11 is 0. The van der Waals surface area contributed by atoms with E-state index in [9.17, 15) is 13.2 Å². The second kappa shape index (κ2) is 7.62. The smallest absolute Gasteiger partial charge is 0.251 e. The highest BCUT2D eigenvalue weighted by Crippen LogP contribution is 2.28. The minimum atomic E-state index is -3.35. The standard InChI is InChI=1S/C21H27NO3S/c1-15-11-12-18(26(5,24)25)13-19(15)20(23)22-16(2)14-21(3,4)17-9-7-6-8-10-17/h6-13,16H,14H2,1-5H3,(H,22,23). The van der Waals surface area contributed by atoms with Crippen LogP contribution in [0.2, 0.25) is 0 Å². The van der Waals surface area contributed by atoms with Crippen molar-refractivity contribution in [3.8, 4) is 0 Å². The molecule has 2 aromatic rings. The van der Waals surface area contributed by atoms with Crippen LogP contribution >= 0.6 is 0 Å². The van der Waals surface area contributed by atoms with Crippen molar-refractivity contribution < 1.29 is 13.2 Å². The van der Waals surface area contributed by atoms with Crippen molar-refractivity contribution in [3.63, 3.8) is 0 Å². The minimum absolute atomic E-state index is 0.0565. The number of carbonyl (C=O) groups is 1. The fourth-order valence-electron chi connectivity index (χ4n) is 3.20. The molecule has 1 N–H and O–H groups in total. The number of hydrogen-bond donors (Lipinski definition) is 1. The highest BCUT2D eigenvalue weighted by Gasteiger charge is 2.24. The largest absolute Gasteiger partial charge is 0.350 e. The van der Waals surface area contributed by atoms with Crippen LogP contribution < -0.4 is 5.32 Å². The van der Waals surface area contributed by atoms with Crippen LogP contribution in [0.3, 0.4) is 0 Å². The molecule has 1 amide bonds. The molecule has 26 heavy (non-hydrogen) atoms. The number of hydrogen-bond acceptors (Lipinski definition) is 3. The maximum atomic E-state index is 12.7. The molecule has 5 heteroatoms. The van der Waals surface area contributed by atoms with Gasteiger partial charge < -0.3 is 5.32 Å². The van der Waals surface area contributed by atoms with E-state index in [1.165, 1.54) is 17.7 Å². The van der Waals surface area contributed by atoms with Crippen LogP contribution in [0.5, 0.6) is 0 Å². The van der Waals surface area contributed by atoms with Gasteiger partial charge in [0, 0.05) is 17.9 Å². The van der Waals surface area contributed by atoms with Crippen molar-refractivity contribution in [2.75, 3.05) is 6.26 Å². The van der Waals surface area contributed by atoms with Gasteiger partial charge >= 0.3 is 0 Å². The Morgan fingerprint density at radius 3 is 2.31 bits per heavy atom. The SMILES string of the molecule is Cc1ccc(S(C)(=O)=O)cc1C(=O)NC(C)CC(C)(C)c1ccccc1. The van der Waals surface area contributed by atoms with Crippen LogP contribution in [0.4, 0.5) is 0 Å². The third kappa shape index (κ3) is 4.94. The fourth-order valence-corrected chi connectivity index (χ4v) is 3.85. The summed E-state index contributed by atoms with van der Waals surface area (Å²) in [5.74, 6) is -0.246. The molecule has 2 aromatic carbocycles. The first kappa shape index (κ1) is 20.2. The van der Waals surface area contributed by atoms with Crippen molar-refractivity contribution in [2.24, 2.45) is 0 Å². The lowest BCUT2D eigenvalue weighted by Gasteiger charge is -2.29. The van der Waals surface area contributed by atoms with Gasteiger partial charge in [-0.1, -0.05) is 50.2 Å². The number of carbonyl (C=O) groups excluding carboxylic acids is 1. The highest BCUT2D eigenvalue weighted by atomic mass is 32.2. The lowest BCUT2D eigenvalue weighted by molar-refractivity contribution is 0.0933. The van der Waals surface area contributed by atoms with E-state index >= 15 is 0 Å². The van der Waals surface area contributed by atoms with Crippen molar-refractivity contribution in [3.05, 3.63) is 65.2 Å². The average Bonchev–Trinajstić information content (AvgIpc) is 2.54. The first-order chi connectivity index (χ1) is 12.0. The van der Waals surface area contributed by atoms with Crippen LogP contribution in [0.15, 0.2) is 53.4 Å². The lowest BCUT2D eigenvalue weighted by atomic mass is 9.79. The number of rotatable bonds is 6. The topological polar surface area (TPSA) is 63.2 Å². The summed E-state index contributed by atoms with van der Waals surface area (Å²) in [7, 11) is -3.35. The summed E-state index contributed by atoms with van der Waals surface area (Å²) in [6, 6.07) is 14.8. The summed E-state index contributed by atoms with van der Waals surface area (Å²) in [5.41, 5.74) is 2.29. The molecule has 0 radical (unpaired) electrons. The molecule has 0 spiro atoms. The molecule has 0 aliphatic rings. The first-order valence-electron chi connectivity index (χ1n) is 8.68. The van der Waals surface area contributed by atoms with Crippen molar-refractivity contribution in [2.45, 2.75) is 50.5 Å². The summed E-state index contributed by atoms with van der Waals surface area (Å²) in [4.78, 5) is 12.8. The predicted octanol–water partition coefficient (Wildman–Crippen LogP) is 3.88. The van der Waals surface area contributed by atoms with Gasteiger partial charge in [0.05, 0.1) is 4.90 Å². The first-order valence-corrected chi connectivity index (χ1v) is 10.6. The molecular formula is C21H27NO3S. The zero-order valence-corrected chi connectivity index (χ0v) is 16.9. The summed E-state index contributed by atoms with van der Waals surface area (Å²) in [6.07, 6.45) is 1.91. The molecule has 0 aliphatic carbocycles. The third-order valence-corrected chi connectivity index (χ3v) is 5.74. The number of benzene rings is 2. The van der Waals surface area contributed by atoms with E-state index in [1.807, 2.05) is 25.1 Å². The van der Waals surface area contributed by atoms with Gasteiger partial charge in [-0.25, -0.2) is 8.42 Å². The molecule has 0 bridgehead atoms. The Morgan fingerprint density at radius 1 is 1.12 bits per heavy atom. The van der Waals surface area contributed by atoms with Crippen LogP contribution in [-0.2, 0) is 15.3 Å². The zero-order chi connectivity index (χ0) is 19.5. The van der Waals surface area contributed by atoms with Gasteiger partial charge in [0.2, 0.25) is 0 Å². The van der Waals surface area contributed by atoms with Gasteiger partial charge in [0.25, 0.3) is 5.91 Å². The molecule has 140 valence electrons. The van der Waals surface area contributed by atoms with Gasteiger partial charge in [0.1, 0.15) is 0 Å². The van der Waals surface area contributed by atoms with Crippen molar-refractivity contribution in [1.82, 2.24) is 5.32 Å². The van der Waals surface area contributed by atoms with Gasteiger partial charge in [-0.3, -0.25) is 4.79 Å². The van der Waals surface area contributed by atoms with E-state index < -0.39 is 9.84 Å². The lowest BCUT2D eigenvalue weighted by Crippen LogP contribution is -2.37. The number of amides is 1. The molecule has 1 unspecified atom stereocenters. The van der Waals surface area contributed by atoms with Crippen LogP contribution in [0.1, 0.15) is 48.7 Å². The Hall–Kier alpha value is -2.14. The summed E-state index contributed by atoms with van der Waals surface area (Å²) in [5, 5.41) is 3.01. The molecule has 0 heterocycles. The molecule has 1 atom stereocenters. The fraction of sp³-hybridized carbons (Fsp3) is 0.381. The highest BCUT2D eigenvalue weighted by molar-refractivity contribution is 7.90. The van der Waals surface area contributed by atoms with Gasteiger partial charge in [-0.2, -0.15) is 0 Å². The van der Waals surface area contributed by atoms with Gasteiger partial charge in [-0.15, -0.1) is 0 Å². The van der Waals surface area contributed by atoms with E-state index in [4.69, 9.17) is 0 Å². The minimum Gasteiger partial charge on any atom is -0.350 e. The quantitative estimate of drug-likeness (QED) is 0.836. The van der Waals surface area contributed by atoms with Gasteiger partial charge in [-0.05, 0) is 48.9 Å². The molecular weight excluding hydrogens is 346 g/mol. The van der Waals surface area contributed by atoms with E-state index in [0.29, 0.717) is 5.56 Å². The van der Waals surface area contributed by atoms with Gasteiger partial charge in [0.15, 0.2) is 9.84 Å². The second-order valence-corrected chi connectivity index (χ2v) is 9.59. The number of sulfone groups is 1. The Kier molecular flexibility index (Phi) is 5.91. The number of nitrogens with one attached hydrogen (secondary N) is 1. The Labute approximate surface area is 156 Å². The van der Waals surface area contributed by atoms with E-state index in [1.54, 1.807) is 13.0 Å². The maximum absolute atomic E-state index is 12.7. The normalized spacial score (nSPS) is 13.3. The van der Waals surface area contributed by atoms with Crippen LogP contribution in [-0.4, -0.2) is 26.6 Å². The summed E-state index contributed by atoms with van der Waals surface area (Å²) < 4.78 is 23.5. The Balaban J connectivity index is 2.15. The van der Waals surface area contributed by atoms with E-state index in [0.717, 1.165) is 18.2 Å². The molecule has 2 rings (SSSR count). The zero-order valence-electron chi connectivity index (χ0n) is 16.0. The van der Waals surface area contributed by atoms with E-state index in [-0.39, 0.29) is 22.3 Å². The van der Waals surface area contributed by atoms with Crippen LogP contribution in [0.25, 0.3) is 0 Å². The molecule has 0 aliphatic heterocycles. The third-order valence-electron chi connectivity index (χ3n) is 4.63. The molecule has 0 aromatic heterocycles. The molecule has 0 saturated heterocycles.